The van der Waals surface area contributed by atoms with E-state index in [0.717, 1.165) is 0 Å². The molecule has 64 valence electrons. The first-order chi connectivity index (χ1) is 5.72. The number of carbonyl (C=O) groups is 1. The number of ether oxygens (including phenoxy) is 1. The van der Waals surface area contributed by atoms with Gasteiger partial charge in [0.1, 0.15) is 5.76 Å². The quantitative estimate of drug-likeness (QED) is 0.693. The number of primary amides is 1. The summed E-state index contributed by atoms with van der Waals surface area (Å²) in [5.41, 5.74) is 4.77. The van der Waals surface area contributed by atoms with E-state index >= 15 is 0 Å². The van der Waals surface area contributed by atoms with Crippen molar-refractivity contribution >= 4 is 6.09 Å². The van der Waals surface area contributed by atoms with Gasteiger partial charge < -0.3 is 14.9 Å². The van der Waals surface area contributed by atoms with Crippen LogP contribution in [0, 0.1) is 0 Å². The van der Waals surface area contributed by atoms with Gasteiger partial charge in [0, 0.05) is 12.5 Å². The number of furan rings is 1. The predicted octanol–water partition coefficient (Wildman–Crippen LogP) is 1.47. The van der Waals surface area contributed by atoms with Gasteiger partial charge in [-0.25, -0.2) is 4.79 Å². The van der Waals surface area contributed by atoms with E-state index in [-0.39, 0.29) is 5.95 Å². The van der Waals surface area contributed by atoms with Crippen LogP contribution in [0.15, 0.2) is 29.2 Å². The molecule has 1 rings (SSSR count). The Morgan fingerprint density at radius 2 is 2.50 bits per heavy atom. The average molecular weight is 167 g/mol. The summed E-state index contributed by atoms with van der Waals surface area (Å²) in [4.78, 5) is 10.3. The zero-order chi connectivity index (χ0) is 8.97. The highest BCUT2D eigenvalue weighted by Gasteiger charge is 2.03. The van der Waals surface area contributed by atoms with Crippen molar-refractivity contribution in [2.75, 3.05) is 0 Å². The Balaban J connectivity index is 2.63. The Morgan fingerprint density at radius 1 is 1.75 bits per heavy atom. The highest BCUT2D eigenvalue weighted by Crippen LogP contribution is 2.16. The minimum Gasteiger partial charge on any atom is -0.430 e. The maximum atomic E-state index is 10.3. The molecule has 0 aliphatic carbocycles. The lowest BCUT2D eigenvalue weighted by Crippen LogP contribution is -2.15. The van der Waals surface area contributed by atoms with Gasteiger partial charge in [-0.05, 0) is 6.07 Å². The highest BCUT2D eigenvalue weighted by atomic mass is 16.6. The summed E-state index contributed by atoms with van der Waals surface area (Å²) in [6, 6.07) is 3.23. The monoisotopic (exact) mass is 167 g/mol. The molecule has 12 heavy (non-hydrogen) atoms. The Labute approximate surface area is 69.6 Å². The van der Waals surface area contributed by atoms with E-state index in [1.807, 2.05) is 0 Å². The molecule has 0 saturated carbocycles. The Bertz CT molecular complexity index is 290. The van der Waals surface area contributed by atoms with E-state index < -0.39 is 6.09 Å². The van der Waals surface area contributed by atoms with Gasteiger partial charge in [-0.15, -0.1) is 6.58 Å². The molecule has 0 spiro atoms. The molecule has 1 aromatic heterocycles. The van der Waals surface area contributed by atoms with Crippen LogP contribution in [0.4, 0.5) is 4.79 Å². The molecular formula is C8H9NO3. The van der Waals surface area contributed by atoms with E-state index in [9.17, 15) is 4.79 Å². The first kappa shape index (κ1) is 8.39. The van der Waals surface area contributed by atoms with Gasteiger partial charge in [0.05, 0.1) is 0 Å². The summed E-state index contributed by atoms with van der Waals surface area (Å²) >= 11 is 0. The summed E-state index contributed by atoms with van der Waals surface area (Å²) < 4.78 is 9.52. The summed E-state index contributed by atoms with van der Waals surface area (Å²) in [5.74, 6) is 0.792. The third kappa shape index (κ3) is 2.16. The second-order valence-corrected chi connectivity index (χ2v) is 2.13. The van der Waals surface area contributed by atoms with Crippen LogP contribution in [-0.4, -0.2) is 6.09 Å². The van der Waals surface area contributed by atoms with Crippen LogP contribution in [0.2, 0.25) is 0 Å². The van der Waals surface area contributed by atoms with Gasteiger partial charge in [0.2, 0.25) is 0 Å². The number of allylic oxidation sites excluding steroid dienone is 1. The number of hydrogen-bond acceptors (Lipinski definition) is 3. The molecule has 0 unspecified atom stereocenters. The van der Waals surface area contributed by atoms with Crippen molar-refractivity contribution in [3.05, 3.63) is 30.5 Å². The lowest BCUT2D eigenvalue weighted by Gasteiger charge is -1.93. The minimum atomic E-state index is -0.880. The predicted molar refractivity (Wildman–Crippen MR) is 42.8 cm³/mol. The summed E-state index contributed by atoms with van der Waals surface area (Å²) in [6.45, 7) is 3.53. The molecule has 1 heterocycles. The fourth-order valence-corrected chi connectivity index (χ4v) is 0.764. The number of carbonyl (C=O) groups excluding carboxylic acids is 1. The first-order valence-corrected chi connectivity index (χ1v) is 3.39. The Morgan fingerprint density at radius 3 is 3.08 bits per heavy atom. The van der Waals surface area contributed by atoms with Gasteiger partial charge in [-0.2, -0.15) is 0 Å². The molecule has 4 nitrogen and oxygen atoms in total. The highest BCUT2D eigenvalue weighted by molar-refractivity contribution is 5.67. The van der Waals surface area contributed by atoms with Crippen LogP contribution in [0.1, 0.15) is 5.76 Å². The maximum absolute atomic E-state index is 10.3. The maximum Gasteiger partial charge on any atom is 0.412 e. The van der Waals surface area contributed by atoms with Crippen molar-refractivity contribution in [1.82, 2.24) is 0 Å². The molecule has 0 aliphatic heterocycles. The average Bonchev–Trinajstić information content (AvgIpc) is 2.36. The molecule has 0 atom stereocenters. The molecule has 0 saturated heterocycles. The molecule has 4 heteroatoms. The molecule has 0 aromatic carbocycles. The van der Waals surface area contributed by atoms with E-state index in [2.05, 4.69) is 11.3 Å². The molecule has 0 aliphatic rings. The number of amides is 1. The molecule has 0 radical (unpaired) electrons. The second-order valence-electron chi connectivity index (χ2n) is 2.13. The van der Waals surface area contributed by atoms with Crippen molar-refractivity contribution in [2.45, 2.75) is 6.42 Å². The molecule has 0 bridgehead atoms. The summed E-state index contributed by atoms with van der Waals surface area (Å²) in [5, 5.41) is 0. The standard InChI is InChI=1S/C8H9NO3/c1-2-3-6-4-5-7(11-6)12-8(9)10/h2,4-5H,1,3H2,(H2,9,10). The van der Waals surface area contributed by atoms with E-state index in [4.69, 9.17) is 10.2 Å². The SMILES string of the molecule is C=CCc1ccc(OC(N)=O)o1. The van der Waals surface area contributed by atoms with Gasteiger partial charge in [0.15, 0.2) is 0 Å². The van der Waals surface area contributed by atoms with Gasteiger partial charge in [-0.1, -0.05) is 6.08 Å². The normalized spacial score (nSPS) is 9.33. The number of nitrogens with two attached hydrogens (primary N) is 1. The largest absolute Gasteiger partial charge is 0.430 e. The number of rotatable bonds is 3. The van der Waals surface area contributed by atoms with E-state index in [1.165, 1.54) is 6.07 Å². The van der Waals surface area contributed by atoms with E-state index in [1.54, 1.807) is 12.1 Å². The minimum absolute atomic E-state index is 0.111. The van der Waals surface area contributed by atoms with Crippen molar-refractivity contribution in [1.29, 1.82) is 0 Å². The zero-order valence-corrected chi connectivity index (χ0v) is 6.45. The molecule has 2 N–H and O–H groups in total. The third-order valence-electron chi connectivity index (χ3n) is 1.18. The van der Waals surface area contributed by atoms with Gasteiger partial charge in [-0.3, -0.25) is 0 Å². The molecule has 1 amide bonds. The third-order valence-corrected chi connectivity index (χ3v) is 1.18. The Kier molecular flexibility index (Phi) is 2.53. The van der Waals surface area contributed by atoms with Crippen molar-refractivity contribution < 1.29 is 13.9 Å². The van der Waals surface area contributed by atoms with Gasteiger partial charge >= 0.3 is 6.09 Å². The summed E-state index contributed by atoms with van der Waals surface area (Å²) in [6.07, 6.45) is 1.41. The van der Waals surface area contributed by atoms with Crippen LogP contribution < -0.4 is 10.5 Å². The van der Waals surface area contributed by atoms with E-state index in [0.29, 0.717) is 12.2 Å². The first-order valence-electron chi connectivity index (χ1n) is 3.39. The molecular weight excluding hydrogens is 158 g/mol. The topological polar surface area (TPSA) is 65.5 Å². The van der Waals surface area contributed by atoms with Crippen LogP contribution in [0.25, 0.3) is 0 Å². The smallest absolute Gasteiger partial charge is 0.412 e. The fraction of sp³-hybridized carbons (Fsp3) is 0.125. The number of hydrogen-bond donors (Lipinski definition) is 1. The lowest BCUT2D eigenvalue weighted by atomic mass is 10.3. The summed E-state index contributed by atoms with van der Waals surface area (Å²) in [7, 11) is 0. The van der Waals surface area contributed by atoms with Crippen LogP contribution >= 0.6 is 0 Å². The van der Waals surface area contributed by atoms with Crippen molar-refractivity contribution in [3.63, 3.8) is 0 Å². The van der Waals surface area contributed by atoms with Crippen LogP contribution in [0.5, 0.6) is 5.95 Å². The van der Waals surface area contributed by atoms with Gasteiger partial charge in [0.25, 0.3) is 5.95 Å². The fourth-order valence-electron chi connectivity index (χ4n) is 0.764. The zero-order valence-electron chi connectivity index (χ0n) is 6.45. The molecule has 1 aromatic rings. The Hall–Kier alpha value is -1.71. The van der Waals surface area contributed by atoms with Crippen molar-refractivity contribution in [2.24, 2.45) is 5.73 Å². The lowest BCUT2D eigenvalue weighted by molar-refractivity contribution is 0.196. The second kappa shape index (κ2) is 3.61. The molecule has 0 fully saturated rings. The van der Waals surface area contributed by atoms with Crippen LogP contribution in [0.3, 0.4) is 0 Å². The van der Waals surface area contributed by atoms with Crippen LogP contribution in [-0.2, 0) is 6.42 Å². The van der Waals surface area contributed by atoms with Crippen molar-refractivity contribution in [3.8, 4) is 5.95 Å².